The second-order valence-electron chi connectivity index (χ2n) is 6.02. The fraction of sp³-hybridized carbons (Fsp3) is 0.238. The molecule has 132 valence electrons. The van der Waals surface area contributed by atoms with Crippen molar-refractivity contribution in [3.8, 4) is 12.3 Å². The largest absolute Gasteiger partial charge is 0.305 e. The van der Waals surface area contributed by atoms with E-state index in [-0.39, 0.29) is 5.91 Å². The van der Waals surface area contributed by atoms with Crippen molar-refractivity contribution in [1.82, 2.24) is 4.57 Å². The average molecular weight is 381 g/mol. The lowest BCUT2D eigenvalue weighted by Gasteiger charge is -2.03. The first-order valence-electron chi connectivity index (χ1n) is 8.38. The van der Waals surface area contributed by atoms with Gasteiger partial charge in [0.05, 0.1) is 16.8 Å². The van der Waals surface area contributed by atoms with E-state index in [1.54, 1.807) is 11.8 Å². The number of amides is 1. The lowest BCUT2D eigenvalue weighted by molar-refractivity contribution is -0.117. The van der Waals surface area contributed by atoms with Crippen LogP contribution in [-0.2, 0) is 11.3 Å². The Labute approximate surface area is 161 Å². The number of rotatable bonds is 5. The second-order valence-corrected chi connectivity index (χ2v) is 8.17. The molecule has 0 saturated heterocycles. The lowest BCUT2D eigenvalue weighted by Crippen LogP contribution is -2.16. The van der Waals surface area contributed by atoms with Gasteiger partial charge in [-0.2, -0.15) is 4.99 Å². The van der Waals surface area contributed by atoms with E-state index in [0.717, 1.165) is 15.1 Å². The van der Waals surface area contributed by atoms with Crippen LogP contribution >= 0.6 is 23.1 Å². The number of thioether (sulfide) groups is 1. The van der Waals surface area contributed by atoms with Gasteiger partial charge in [-0.05, 0) is 43.2 Å². The molecule has 0 fully saturated rings. The Balaban J connectivity index is 1.84. The van der Waals surface area contributed by atoms with Gasteiger partial charge in [-0.15, -0.1) is 18.2 Å². The van der Waals surface area contributed by atoms with Crippen molar-refractivity contribution >= 4 is 39.2 Å². The lowest BCUT2D eigenvalue weighted by atomic mass is 10.1. The van der Waals surface area contributed by atoms with Crippen molar-refractivity contribution in [2.45, 2.75) is 31.7 Å². The number of terminal acetylenes is 1. The van der Waals surface area contributed by atoms with Gasteiger partial charge >= 0.3 is 0 Å². The van der Waals surface area contributed by atoms with Gasteiger partial charge in [-0.1, -0.05) is 41.5 Å². The van der Waals surface area contributed by atoms with Gasteiger partial charge in [-0.25, -0.2) is 0 Å². The third kappa shape index (κ3) is 4.27. The van der Waals surface area contributed by atoms with E-state index in [4.69, 9.17) is 6.42 Å². The van der Waals surface area contributed by atoms with Crippen LogP contribution in [0.1, 0.15) is 17.5 Å². The molecule has 0 atom stereocenters. The molecule has 1 heterocycles. The summed E-state index contributed by atoms with van der Waals surface area (Å²) in [4.78, 5) is 18.5. The minimum Gasteiger partial charge on any atom is -0.305 e. The van der Waals surface area contributed by atoms with Gasteiger partial charge in [0.2, 0.25) is 5.91 Å². The fourth-order valence-electron chi connectivity index (χ4n) is 2.78. The highest BCUT2D eigenvalue weighted by Crippen LogP contribution is 2.23. The number of hydrogen-bond acceptors (Lipinski definition) is 3. The van der Waals surface area contributed by atoms with Crippen LogP contribution in [0.4, 0.5) is 0 Å². The summed E-state index contributed by atoms with van der Waals surface area (Å²) >= 11 is 3.20. The summed E-state index contributed by atoms with van der Waals surface area (Å²) in [5, 5.41) is 0. The normalized spacial score (nSPS) is 11.7. The Hall–Kier alpha value is -2.29. The van der Waals surface area contributed by atoms with Crippen LogP contribution in [0, 0.1) is 26.2 Å². The van der Waals surface area contributed by atoms with E-state index in [1.807, 2.05) is 34.9 Å². The molecule has 26 heavy (non-hydrogen) atoms. The van der Waals surface area contributed by atoms with Crippen LogP contribution in [-0.4, -0.2) is 16.2 Å². The topological polar surface area (TPSA) is 34.4 Å². The molecule has 2 aromatic carbocycles. The Morgan fingerprint density at radius 3 is 2.77 bits per heavy atom. The standard InChI is InChI=1S/C21H20N2OS2/c1-4-11-23-18-14-15(2)13-16(3)20(18)26-21(23)22-19(24)10-12-25-17-8-6-5-7-9-17/h1,5-9,13-14H,10-12H2,2-3H3. The van der Waals surface area contributed by atoms with Gasteiger partial charge in [0.1, 0.15) is 0 Å². The maximum absolute atomic E-state index is 12.3. The van der Waals surface area contributed by atoms with Crippen molar-refractivity contribution in [2.24, 2.45) is 4.99 Å². The zero-order valence-electron chi connectivity index (χ0n) is 14.9. The van der Waals surface area contributed by atoms with Crippen molar-refractivity contribution in [3.05, 3.63) is 58.4 Å². The third-order valence-corrected chi connectivity index (χ3v) is 6.16. The highest BCUT2D eigenvalue weighted by Gasteiger charge is 2.10. The van der Waals surface area contributed by atoms with Gasteiger partial charge in [0.15, 0.2) is 4.80 Å². The number of aromatic nitrogens is 1. The monoisotopic (exact) mass is 380 g/mol. The number of benzene rings is 2. The quantitative estimate of drug-likeness (QED) is 0.480. The summed E-state index contributed by atoms with van der Waals surface area (Å²) in [5.74, 6) is 3.28. The number of thiazole rings is 1. The Morgan fingerprint density at radius 1 is 1.27 bits per heavy atom. The first kappa shape index (κ1) is 18.5. The zero-order valence-corrected chi connectivity index (χ0v) is 16.5. The van der Waals surface area contributed by atoms with Crippen molar-refractivity contribution in [3.63, 3.8) is 0 Å². The maximum Gasteiger partial charge on any atom is 0.249 e. The first-order chi connectivity index (χ1) is 12.6. The van der Waals surface area contributed by atoms with Crippen molar-refractivity contribution in [2.75, 3.05) is 5.75 Å². The number of nitrogens with zero attached hydrogens (tertiary/aromatic N) is 2. The average Bonchev–Trinajstić information content (AvgIpc) is 2.94. The summed E-state index contributed by atoms with van der Waals surface area (Å²) in [6.07, 6.45) is 5.94. The van der Waals surface area contributed by atoms with Crippen LogP contribution in [0.25, 0.3) is 10.2 Å². The first-order valence-corrected chi connectivity index (χ1v) is 10.2. The summed E-state index contributed by atoms with van der Waals surface area (Å²) in [5.41, 5.74) is 3.41. The molecule has 0 aliphatic heterocycles. The van der Waals surface area contributed by atoms with Crippen LogP contribution < -0.4 is 4.80 Å². The van der Waals surface area contributed by atoms with Gasteiger partial charge in [-0.3, -0.25) is 4.79 Å². The Bertz CT molecular complexity index is 1040. The number of carbonyl (C=O) groups is 1. The maximum atomic E-state index is 12.3. The van der Waals surface area contributed by atoms with Gasteiger partial charge in [0.25, 0.3) is 0 Å². The molecule has 0 aliphatic rings. The highest BCUT2D eigenvalue weighted by atomic mass is 32.2. The number of carbonyl (C=O) groups excluding carboxylic acids is 1. The van der Waals surface area contributed by atoms with E-state index in [9.17, 15) is 4.79 Å². The molecule has 1 aromatic heterocycles. The minimum atomic E-state index is -0.111. The Kier molecular flexibility index (Phi) is 5.97. The highest BCUT2D eigenvalue weighted by molar-refractivity contribution is 7.99. The fourth-order valence-corrected chi connectivity index (χ4v) is 4.74. The SMILES string of the molecule is C#CCn1c(=NC(=O)CCSc2ccccc2)sc2c(C)cc(C)cc21. The van der Waals surface area contributed by atoms with Crippen LogP contribution in [0.5, 0.6) is 0 Å². The molecule has 5 heteroatoms. The van der Waals surface area contributed by atoms with E-state index in [0.29, 0.717) is 23.5 Å². The predicted molar refractivity (Wildman–Crippen MR) is 110 cm³/mol. The molecule has 0 saturated carbocycles. The molecule has 0 bridgehead atoms. The molecular weight excluding hydrogens is 360 g/mol. The molecule has 3 aromatic rings. The molecule has 0 N–H and O–H groups in total. The number of hydrogen-bond donors (Lipinski definition) is 0. The summed E-state index contributed by atoms with van der Waals surface area (Å²) < 4.78 is 3.10. The molecule has 0 aliphatic carbocycles. The smallest absolute Gasteiger partial charge is 0.249 e. The molecular formula is C21H20N2OS2. The van der Waals surface area contributed by atoms with E-state index in [1.165, 1.54) is 22.5 Å². The second kappa shape index (κ2) is 8.39. The number of aryl methyl sites for hydroxylation is 2. The molecule has 0 radical (unpaired) electrons. The van der Waals surface area contributed by atoms with E-state index < -0.39 is 0 Å². The van der Waals surface area contributed by atoms with Gasteiger partial charge < -0.3 is 4.57 Å². The molecule has 3 nitrogen and oxygen atoms in total. The third-order valence-electron chi connectivity index (χ3n) is 3.91. The molecule has 3 rings (SSSR count). The molecule has 1 amide bonds. The van der Waals surface area contributed by atoms with E-state index in [2.05, 4.69) is 36.9 Å². The van der Waals surface area contributed by atoms with Crippen LogP contribution in [0.15, 0.2) is 52.4 Å². The molecule has 0 spiro atoms. The molecule has 0 unspecified atom stereocenters. The van der Waals surface area contributed by atoms with Crippen LogP contribution in [0.2, 0.25) is 0 Å². The zero-order chi connectivity index (χ0) is 18.5. The predicted octanol–water partition coefficient (Wildman–Crippen LogP) is 4.56. The summed E-state index contributed by atoms with van der Waals surface area (Å²) in [7, 11) is 0. The Morgan fingerprint density at radius 2 is 2.04 bits per heavy atom. The van der Waals surface area contributed by atoms with Crippen molar-refractivity contribution in [1.29, 1.82) is 0 Å². The number of fused-ring (bicyclic) bond motifs is 1. The van der Waals surface area contributed by atoms with Crippen LogP contribution in [0.3, 0.4) is 0 Å². The minimum absolute atomic E-state index is 0.111. The van der Waals surface area contributed by atoms with Crippen molar-refractivity contribution < 1.29 is 4.79 Å². The van der Waals surface area contributed by atoms with Gasteiger partial charge in [0, 0.05) is 17.1 Å². The summed E-state index contributed by atoms with van der Waals surface area (Å²) in [6.45, 7) is 4.55. The summed E-state index contributed by atoms with van der Waals surface area (Å²) in [6, 6.07) is 14.3. The van der Waals surface area contributed by atoms with E-state index >= 15 is 0 Å².